The summed E-state index contributed by atoms with van der Waals surface area (Å²) < 4.78 is 0. The fourth-order valence-electron chi connectivity index (χ4n) is 3.42. The van der Waals surface area contributed by atoms with Gasteiger partial charge >= 0.3 is 0 Å². The summed E-state index contributed by atoms with van der Waals surface area (Å²) >= 11 is 0. The molecular formula is C19H25N3O. The molecule has 1 atom stereocenters. The van der Waals surface area contributed by atoms with Gasteiger partial charge in [-0.2, -0.15) is 5.26 Å². The Labute approximate surface area is 138 Å². The van der Waals surface area contributed by atoms with Crippen LogP contribution in [0.25, 0.3) is 0 Å². The maximum absolute atomic E-state index is 9.63. The fraction of sp³-hybridized carbons (Fsp3) is 0.526. The van der Waals surface area contributed by atoms with E-state index in [1.54, 1.807) is 0 Å². The first-order chi connectivity index (χ1) is 11.3. The molecule has 0 aromatic heterocycles. The number of piperidine rings is 1. The van der Waals surface area contributed by atoms with Crippen LogP contribution in [0.15, 0.2) is 30.4 Å². The van der Waals surface area contributed by atoms with Crippen LogP contribution in [0.4, 0.5) is 11.4 Å². The van der Waals surface area contributed by atoms with Gasteiger partial charge in [0, 0.05) is 25.3 Å². The van der Waals surface area contributed by atoms with Crippen LogP contribution >= 0.6 is 0 Å². The van der Waals surface area contributed by atoms with Crippen molar-refractivity contribution >= 4 is 11.4 Å². The summed E-state index contributed by atoms with van der Waals surface area (Å²) in [4.78, 5) is 2.21. The zero-order chi connectivity index (χ0) is 16.1. The number of hydrogen-bond donors (Lipinski definition) is 2. The summed E-state index contributed by atoms with van der Waals surface area (Å²) in [6, 6.07) is 8.39. The number of aliphatic hydroxyl groups is 1. The Bertz CT molecular complexity index is 597. The minimum Gasteiger partial charge on any atom is -0.393 e. The van der Waals surface area contributed by atoms with Crippen LogP contribution in [-0.2, 0) is 0 Å². The topological polar surface area (TPSA) is 59.3 Å². The van der Waals surface area contributed by atoms with E-state index in [0.717, 1.165) is 55.8 Å². The van der Waals surface area contributed by atoms with Crippen molar-refractivity contribution in [2.45, 2.75) is 38.2 Å². The quantitative estimate of drug-likeness (QED) is 0.838. The number of allylic oxidation sites excluding steroid dienone is 2. The van der Waals surface area contributed by atoms with E-state index in [1.807, 2.05) is 12.1 Å². The molecule has 0 spiro atoms. The lowest BCUT2D eigenvalue weighted by atomic mass is 9.94. The molecule has 0 bridgehead atoms. The summed E-state index contributed by atoms with van der Waals surface area (Å²) in [5.74, 6) is 0.689. The number of aliphatic hydroxyl groups excluding tert-OH is 1. The second-order valence-corrected chi connectivity index (χ2v) is 6.59. The highest BCUT2D eigenvalue weighted by Gasteiger charge is 2.19. The Morgan fingerprint density at radius 1 is 1.22 bits per heavy atom. The molecule has 1 fully saturated rings. The Hall–Kier alpha value is -1.99. The Morgan fingerprint density at radius 3 is 2.74 bits per heavy atom. The normalized spacial score (nSPS) is 21.9. The third kappa shape index (κ3) is 4.05. The van der Waals surface area contributed by atoms with Gasteiger partial charge in [0.05, 0.1) is 17.4 Å². The van der Waals surface area contributed by atoms with Gasteiger partial charge in [-0.25, -0.2) is 0 Å². The van der Waals surface area contributed by atoms with Crippen LogP contribution in [0.3, 0.4) is 0 Å². The Balaban J connectivity index is 1.64. The summed E-state index contributed by atoms with van der Waals surface area (Å²) in [5, 5.41) is 22.6. The van der Waals surface area contributed by atoms with Gasteiger partial charge in [-0.1, -0.05) is 12.2 Å². The fourth-order valence-corrected chi connectivity index (χ4v) is 3.42. The molecule has 1 aromatic rings. The number of benzene rings is 1. The second kappa shape index (κ2) is 7.52. The smallest absolute Gasteiger partial charge is 0.101 e. The molecule has 1 aliphatic carbocycles. The first-order valence-corrected chi connectivity index (χ1v) is 8.62. The molecule has 1 aliphatic heterocycles. The summed E-state index contributed by atoms with van der Waals surface area (Å²) in [5.41, 5.74) is 2.73. The SMILES string of the molecule is N#Cc1cc(NC[C@@H]2CC=CCC2)ccc1N1CCC(O)CC1. The summed E-state index contributed by atoms with van der Waals surface area (Å²) in [6.07, 6.45) is 9.45. The molecule has 2 N–H and O–H groups in total. The third-order valence-electron chi connectivity index (χ3n) is 4.89. The number of nitrogens with one attached hydrogen (secondary N) is 1. The van der Waals surface area contributed by atoms with Gasteiger partial charge < -0.3 is 15.3 Å². The van der Waals surface area contributed by atoms with Crippen molar-refractivity contribution in [1.82, 2.24) is 0 Å². The molecule has 0 unspecified atom stereocenters. The predicted octanol–water partition coefficient (Wildman–Crippen LogP) is 3.29. The van der Waals surface area contributed by atoms with Crippen LogP contribution in [0.2, 0.25) is 0 Å². The zero-order valence-corrected chi connectivity index (χ0v) is 13.5. The molecule has 2 aliphatic rings. The molecule has 4 heteroatoms. The van der Waals surface area contributed by atoms with Gasteiger partial charge in [0.25, 0.3) is 0 Å². The van der Waals surface area contributed by atoms with Crippen LogP contribution in [0, 0.1) is 17.2 Å². The van der Waals surface area contributed by atoms with Crippen molar-refractivity contribution in [3.05, 3.63) is 35.9 Å². The van der Waals surface area contributed by atoms with Crippen molar-refractivity contribution in [2.75, 3.05) is 29.9 Å². The molecule has 0 radical (unpaired) electrons. The van der Waals surface area contributed by atoms with E-state index in [-0.39, 0.29) is 6.10 Å². The van der Waals surface area contributed by atoms with Crippen LogP contribution in [0.1, 0.15) is 37.7 Å². The number of hydrogen-bond acceptors (Lipinski definition) is 4. The van der Waals surface area contributed by atoms with Crippen molar-refractivity contribution in [3.8, 4) is 6.07 Å². The molecule has 122 valence electrons. The highest BCUT2D eigenvalue weighted by molar-refractivity contribution is 5.65. The summed E-state index contributed by atoms with van der Waals surface area (Å²) in [7, 11) is 0. The molecule has 4 nitrogen and oxygen atoms in total. The monoisotopic (exact) mass is 311 g/mol. The van der Waals surface area contributed by atoms with E-state index in [9.17, 15) is 10.4 Å². The zero-order valence-electron chi connectivity index (χ0n) is 13.5. The van der Waals surface area contributed by atoms with E-state index in [4.69, 9.17) is 0 Å². The number of nitriles is 1. The Morgan fingerprint density at radius 2 is 2.04 bits per heavy atom. The Kier molecular flexibility index (Phi) is 5.19. The predicted molar refractivity (Wildman–Crippen MR) is 93.6 cm³/mol. The first-order valence-electron chi connectivity index (χ1n) is 8.62. The molecule has 1 aromatic carbocycles. The van der Waals surface area contributed by atoms with Gasteiger partial charge in [0.1, 0.15) is 6.07 Å². The standard InChI is InChI=1S/C19H25N3O/c20-13-16-12-17(21-14-15-4-2-1-3-5-15)6-7-19(16)22-10-8-18(23)9-11-22/h1-2,6-7,12,15,18,21,23H,3-5,8-11,14H2/t15-/m1/s1. The number of nitrogens with zero attached hydrogens (tertiary/aromatic N) is 2. The first kappa shape index (κ1) is 15.9. The lowest BCUT2D eigenvalue weighted by molar-refractivity contribution is 0.145. The van der Waals surface area contributed by atoms with Crippen molar-refractivity contribution in [1.29, 1.82) is 5.26 Å². The van der Waals surface area contributed by atoms with E-state index in [1.165, 1.54) is 12.8 Å². The average molecular weight is 311 g/mol. The van der Waals surface area contributed by atoms with Crippen molar-refractivity contribution < 1.29 is 5.11 Å². The summed E-state index contributed by atoms with van der Waals surface area (Å²) in [6.45, 7) is 2.60. The van der Waals surface area contributed by atoms with Gasteiger partial charge in [-0.3, -0.25) is 0 Å². The third-order valence-corrected chi connectivity index (χ3v) is 4.89. The van der Waals surface area contributed by atoms with E-state index >= 15 is 0 Å². The highest BCUT2D eigenvalue weighted by atomic mass is 16.3. The largest absolute Gasteiger partial charge is 0.393 e. The number of rotatable bonds is 4. The molecule has 23 heavy (non-hydrogen) atoms. The molecule has 1 heterocycles. The maximum Gasteiger partial charge on any atom is 0.101 e. The van der Waals surface area contributed by atoms with Gasteiger partial charge in [0.2, 0.25) is 0 Å². The highest BCUT2D eigenvalue weighted by Crippen LogP contribution is 2.27. The van der Waals surface area contributed by atoms with Crippen LogP contribution in [0.5, 0.6) is 0 Å². The average Bonchev–Trinajstić information content (AvgIpc) is 2.61. The second-order valence-electron chi connectivity index (χ2n) is 6.59. The molecule has 0 saturated carbocycles. The lowest BCUT2D eigenvalue weighted by Gasteiger charge is -2.32. The van der Waals surface area contributed by atoms with Crippen LogP contribution < -0.4 is 10.2 Å². The number of anilines is 2. The van der Waals surface area contributed by atoms with Crippen LogP contribution in [-0.4, -0.2) is 30.8 Å². The minimum absolute atomic E-state index is 0.192. The van der Waals surface area contributed by atoms with Gasteiger partial charge in [-0.05, 0) is 56.2 Å². The van der Waals surface area contributed by atoms with E-state index in [2.05, 4.69) is 34.5 Å². The van der Waals surface area contributed by atoms with Crippen molar-refractivity contribution in [3.63, 3.8) is 0 Å². The maximum atomic E-state index is 9.63. The minimum atomic E-state index is -0.192. The molecule has 1 saturated heterocycles. The molecule has 3 rings (SSSR count). The van der Waals surface area contributed by atoms with Crippen molar-refractivity contribution in [2.24, 2.45) is 5.92 Å². The van der Waals surface area contributed by atoms with Gasteiger partial charge in [-0.15, -0.1) is 0 Å². The molecule has 0 amide bonds. The molecular weight excluding hydrogens is 286 g/mol. The van der Waals surface area contributed by atoms with Gasteiger partial charge in [0.15, 0.2) is 0 Å². The lowest BCUT2D eigenvalue weighted by Crippen LogP contribution is -2.36. The van der Waals surface area contributed by atoms with E-state index in [0.29, 0.717) is 5.92 Å². The van der Waals surface area contributed by atoms with E-state index < -0.39 is 0 Å².